The van der Waals surface area contributed by atoms with Crippen molar-refractivity contribution in [1.82, 2.24) is 4.90 Å². The molecule has 0 N–H and O–H groups in total. The van der Waals surface area contributed by atoms with E-state index < -0.39 is 5.41 Å². The molecule has 3 nitrogen and oxygen atoms in total. The minimum Gasteiger partial charge on any atom is -0.425 e. The van der Waals surface area contributed by atoms with Crippen molar-refractivity contribution in [3.8, 4) is 5.75 Å². The maximum absolute atomic E-state index is 12.9. The molecule has 23 heavy (non-hydrogen) atoms. The van der Waals surface area contributed by atoms with E-state index in [2.05, 4.69) is 18.7 Å². The second kappa shape index (κ2) is 6.55. The zero-order valence-corrected chi connectivity index (χ0v) is 13.8. The molecule has 0 bridgehead atoms. The van der Waals surface area contributed by atoms with Gasteiger partial charge in [-0.1, -0.05) is 62.4 Å². The number of carbonyl (C=O) groups is 1. The Morgan fingerprint density at radius 2 is 1.61 bits per heavy atom. The minimum absolute atomic E-state index is 0.156. The Balaban J connectivity index is 2.07. The third-order valence-electron chi connectivity index (χ3n) is 4.86. The Kier molecular flexibility index (Phi) is 4.49. The lowest BCUT2D eigenvalue weighted by Crippen LogP contribution is -2.39. The van der Waals surface area contributed by atoms with Gasteiger partial charge < -0.3 is 9.64 Å². The number of hydrogen-bond donors (Lipinski definition) is 0. The number of hydrogen-bond acceptors (Lipinski definition) is 3. The first-order valence-corrected chi connectivity index (χ1v) is 8.32. The number of carbonyl (C=O) groups excluding carboxylic acids is 1. The second-order valence-electron chi connectivity index (χ2n) is 5.93. The normalized spacial score (nSPS) is 19.7. The quantitative estimate of drug-likeness (QED) is 0.603. The summed E-state index contributed by atoms with van der Waals surface area (Å²) < 4.78 is 5.62. The summed E-state index contributed by atoms with van der Waals surface area (Å²) in [5.74, 6) is 0.540. The van der Waals surface area contributed by atoms with E-state index in [0.29, 0.717) is 5.75 Å². The molecule has 0 radical (unpaired) electrons. The van der Waals surface area contributed by atoms with E-state index in [1.165, 1.54) is 0 Å². The summed E-state index contributed by atoms with van der Waals surface area (Å²) in [4.78, 5) is 15.2. The van der Waals surface area contributed by atoms with Crippen LogP contribution in [0.4, 0.5) is 0 Å². The van der Waals surface area contributed by atoms with E-state index in [1.807, 2.05) is 54.6 Å². The van der Waals surface area contributed by atoms with E-state index in [4.69, 9.17) is 4.74 Å². The fourth-order valence-corrected chi connectivity index (χ4v) is 3.45. The summed E-state index contributed by atoms with van der Waals surface area (Å²) in [5.41, 5.74) is 1.31. The minimum atomic E-state index is -0.694. The molecule has 1 aliphatic heterocycles. The number of esters is 1. The Morgan fingerprint density at radius 1 is 0.957 bits per heavy atom. The van der Waals surface area contributed by atoms with Crippen LogP contribution in [-0.2, 0) is 10.2 Å². The highest BCUT2D eigenvalue weighted by molar-refractivity contribution is 5.94. The molecule has 2 aromatic rings. The van der Waals surface area contributed by atoms with Gasteiger partial charge in [-0.25, -0.2) is 0 Å². The average molecular weight is 309 g/mol. The molecule has 3 rings (SSSR count). The van der Waals surface area contributed by atoms with Crippen molar-refractivity contribution in [1.29, 1.82) is 0 Å². The van der Waals surface area contributed by atoms with Crippen LogP contribution >= 0.6 is 0 Å². The molecule has 0 aliphatic carbocycles. The van der Waals surface area contributed by atoms with Gasteiger partial charge in [-0.3, -0.25) is 4.79 Å². The Labute approximate surface area is 137 Å². The number of benzene rings is 2. The molecule has 0 unspecified atom stereocenters. The lowest BCUT2D eigenvalue weighted by Gasteiger charge is -2.29. The van der Waals surface area contributed by atoms with Crippen LogP contribution in [0, 0.1) is 0 Å². The van der Waals surface area contributed by atoms with Gasteiger partial charge in [0.15, 0.2) is 0 Å². The Morgan fingerprint density at radius 3 is 2.30 bits per heavy atom. The number of nitrogens with zero attached hydrogens (tertiary/aromatic N) is 1. The van der Waals surface area contributed by atoms with Crippen LogP contribution in [0.2, 0.25) is 0 Å². The fraction of sp³-hybridized carbons (Fsp3) is 0.350. The van der Waals surface area contributed by atoms with Gasteiger partial charge in [0.05, 0.1) is 0 Å². The lowest BCUT2D eigenvalue weighted by molar-refractivity contribution is -0.137. The fourth-order valence-electron chi connectivity index (χ4n) is 3.45. The smallest absolute Gasteiger partial charge is 0.326 e. The van der Waals surface area contributed by atoms with Gasteiger partial charge >= 0.3 is 5.97 Å². The number of fused-ring (bicyclic) bond motifs is 1. The van der Waals surface area contributed by atoms with Gasteiger partial charge in [-0.05, 0) is 37.7 Å². The molecule has 0 saturated carbocycles. The van der Waals surface area contributed by atoms with Crippen LogP contribution in [-0.4, -0.2) is 30.5 Å². The van der Waals surface area contributed by atoms with Gasteiger partial charge in [0, 0.05) is 5.56 Å². The second-order valence-corrected chi connectivity index (χ2v) is 5.93. The first-order chi connectivity index (χ1) is 11.2. The molecule has 0 amide bonds. The maximum Gasteiger partial charge on any atom is 0.326 e. The van der Waals surface area contributed by atoms with E-state index in [1.54, 1.807) is 0 Å². The molecule has 0 aromatic heterocycles. The molecule has 0 spiro atoms. The van der Waals surface area contributed by atoms with Gasteiger partial charge in [-0.2, -0.15) is 0 Å². The predicted octanol–water partition coefficient (Wildman–Crippen LogP) is 3.62. The van der Waals surface area contributed by atoms with Crippen LogP contribution in [0.15, 0.2) is 54.6 Å². The average Bonchev–Trinajstić information content (AvgIpc) is 2.89. The van der Waals surface area contributed by atoms with Crippen LogP contribution in [0.5, 0.6) is 5.75 Å². The molecular weight excluding hydrogens is 286 g/mol. The highest BCUT2D eigenvalue weighted by Crippen LogP contribution is 2.46. The monoisotopic (exact) mass is 309 g/mol. The molecule has 0 fully saturated rings. The van der Waals surface area contributed by atoms with E-state index in [-0.39, 0.29) is 5.97 Å². The molecular formula is C20H23NO2. The highest BCUT2D eigenvalue weighted by Gasteiger charge is 2.50. The third-order valence-corrected chi connectivity index (χ3v) is 4.86. The Hall–Kier alpha value is -2.13. The van der Waals surface area contributed by atoms with Crippen molar-refractivity contribution in [2.24, 2.45) is 0 Å². The van der Waals surface area contributed by atoms with E-state index in [0.717, 1.165) is 37.2 Å². The first kappa shape index (κ1) is 15.8. The molecule has 1 atom stereocenters. The molecule has 0 saturated heterocycles. The standard InChI is InChI=1S/C20H23NO2/c1-3-21(4-2)15-14-20(16-10-6-5-7-11-16)17-12-8-9-13-18(17)23-19(20)22/h5-13H,3-4,14-15H2,1-2H3/t20-/m1/s1. The zero-order valence-electron chi connectivity index (χ0n) is 13.8. The molecule has 3 heteroatoms. The Bertz CT molecular complexity index is 679. The van der Waals surface area contributed by atoms with Gasteiger partial charge in [0.1, 0.15) is 11.2 Å². The summed E-state index contributed by atoms with van der Waals surface area (Å²) in [6, 6.07) is 17.8. The maximum atomic E-state index is 12.9. The van der Waals surface area contributed by atoms with Crippen molar-refractivity contribution in [2.45, 2.75) is 25.7 Å². The molecule has 1 heterocycles. The van der Waals surface area contributed by atoms with Crippen molar-refractivity contribution in [3.63, 3.8) is 0 Å². The highest BCUT2D eigenvalue weighted by atomic mass is 16.5. The van der Waals surface area contributed by atoms with Crippen molar-refractivity contribution < 1.29 is 9.53 Å². The van der Waals surface area contributed by atoms with E-state index >= 15 is 0 Å². The summed E-state index contributed by atoms with van der Waals surface area (Å²) in [5, 5.41) is 0. The number of rotatable bonds is 6. The van der Waals surface area contributed by atoms with Crippen molar-refractivity contribution in [3.05, 3.63) is 65.7 Å². The predicted molar refractivity (Wildman–Crippen MR) is 91.7 cm³/mol. The van der Waals surface area contributed by atoms with Crippen LogP contribution in [0.25, 0.3) is 0 Å². The van der Waals surface area contributed by atoms with Crippen LogP contribution < -0.4 is 4.74 Å². The van der Waals surface area contributed by atoms with Gasteiger partial charge in [0.2, 0.25) is 0 Å². The molecule has 2 aromatic carbocycles. The lowest BCUT2D eigenvalue weighted by atomic mass is 9.73. The zero-order chi connectivity index (χ0) is 16.3. The first-order valence-electron chi connectivity index (χ1n) is 8.32. The van der Waals surface area contributed by atoms with Gasteiger partial charge in [-0.15, -0.1) is 0 Å². The van der Waals surface area contributed by atoms with Crippen LogP contribution in [0.3, 0.4) is 0 Å². The van der Waals surface area contributed by atoms with Gasteiger partial charge in [0.25, 0.3) is 0 Å². The summed E-state index contributed by atoms with van der Waals surface area (Å²) in [6.07, 6.45) is 0.731. The summed E-state index contributed by atoms with van der Waals surface area (Å²) >= 11 is 0. The van der Waals surface area contributed by atoms with Crippen LogP contribution in [0.1, 0.15) is 31.4 Å². The SMILES string of the molecule is CCN(CC)CC[C@]1(c2ccccc2)C(=O)Oc2ccccc21. The molecule has 120 valence electrons. The summed E-state index contributed by atoms with van der Waals surface area (Å²) in [7, 11) is 0. The van der Waals surface area contributed by atoms with Crippen molar-refractivity contribution >= 4 is 5.97 Å². The topological polar surface area (TPSA) is 29.5 Å². The number of ether oxygens (including phenoxy) is 1. The van der Waals surface area contributed by atoms with E-state index in [9.17, 15) is 4.79 Å². The summed E-state index contributed by atoms with van der Waals surface area (Å²) in [6.45, 7) is 7.14. The third kappa shape index (κ3) is 2.66. The number of para-hydroxylation sites is 1. The largest absolute Gasteiger partial charge is 0.425 e. The van der Waals surface area contributed by atoms with Crippen molar-refractivity contribution in [2.75, 3.05) is 19.6 Å². The molecule has 1 aliphatic rings.